The average Bonchev–Trinajstić information content (AvgIpc) is 2.03. The van der Waals surface area contributed by atoms with Gasteiger partial charge in [-0.15, -0.1) is 0 Å². The predicted octanol–water partition coefficient (Wildman–Crippen LogP) is 3.55. The van der Waals surface area contributed by atoms with Crippen LogP contribution in [0.15, 0.2) is 12.1 Å². The van der Waals surface area contributed by atoms with E-state index < -0.39 is 0 Å². The van der Waals surface area contributed by atoms with E-state index in [0.717, 1.165) is 24.3 Å². The van der Waals surface area contributed by atoms with Crippen molar-refractivity contribution in [3.63, 3.8) is 0 Å². The first-order chi connectivity index (χ1) is 7.39. The van der Waals surface area contributed by atoms with Crippen LogP contribution >= 0.6 is 11.6 Å². The summed E-state index contributed by atoms with van der Waals surface area (Å²) >= 11 is 6.25. The van der Waals surface area contributed by atoms with Gasteiger partial charge in [0.05, 0.1) is 10.7 Å². The summed E-state index contributed by atoms with van der Waals surface area (Å²) in [6, 6.07) is 3.46. The van der Waals surface area contributed by atoms with Crippen LogP contribution in [-0.2, 0) is 5.41 Å². The quantitative estimate of drug-likeness (QED) is 0.810. The maximum Gasteiger partial charge on any atom is 0.117 e. The lowest BCUT2D eigenvalue weighted by atomic mass is 9.84. The minimum Gasteiger partial charge on any atom is -0.508 e. The van der Waals surface area contributed by atoms with E-state index in [2.05, 4.69) is 25.7 Å². The van der Waals surface area contributed by atoms with E-state index in [1.165, 1.54) is 6.42 Å². The first-order valence-electron chi connectivity index (χ1n) is 5.67. The maximum atomic E-state index is 9.65. The van der Waals surface area contributed by atoms with Crippen molar-refractivity contribution in [2.75, 3.05) is 18.0 Å². The summed E-state index contributed by atoms with van der Waals surface area (Å²) in [5.41, 5.74) is 2.21. The van der Waals surface area contributed by atoms with Crippen molar-refractivity contribution < 1.29 is 5.11 Å². The highest BCUT2D eigenvalue weighted by atomic mass is 35.5. The fraction of sp³-hybridized carbons (Fsp3) is 0.538. The van der Waals surface area contributed by atoms with E-state index in [-0.39, 0.29) is 11.2 Å². The second-order valence-corrected chi connectivity index (χ2v) is 5.82. The van der Waals surface area contributed by atoms with Crippen molar-refractivity contribution in [2.24, 2.45) is 0 Å². The summed E-state index contributed by atoms with van der Waals surface area (Å²) < 4.78 is 0. The minimum absolute atomic E-state index is 0.00664. The molecule has 0 saturated carbocycles. The Balaban J connectivity index is 2.55. The molecule has 0 aromatic heterocycles. The van der Waals surface area contributed by atoms with Crippen LogP contribution in [-0.4, -0.2) is 18.2 Å². The van der Waals surface area contributed by atoms with Gasteiger partial charge in [0.2, 0.25) is 0 Å². The number of nitrogens with zero attached hydrogens (tertiary/aromatic N) is 1. The molecule has 1 aromatic rings. The highest BCUT2D eigenvalue weighted by molar-refractivity contribution is 6.33. The zero-order valence-electron chi connectivity index (χ0n) is 10.0. The number of halogens is 1. The van der Waals surface area contributed by atoms with E-state index in [4.69, 9.17) is 11.6 Å². The summed E-state index contributed by atoms with van der Waals surface area (Å²) in [5, 5.41) is 10.3. The lowest BCUT2D eigenvalue weighted by molar-refractivity contribution is 0.470. The molecule has 0 spiro atoms. The number of aromatic hydroxyl groups is 1. The van der Waals surface area contributed by atoms with E-state index in [0.29, 0.717) is 5.02 Å². The van der Waals surface area contributed by atoms with Crippen LogP contribution in [0.4, 0.5) is 5.69 Å². The molecule has 88 valence electrons. The molecule has 2 rings (SSSR count). The van der Waals surface area contributed by atoms with Crippen LogP contribution in [0.5, 0.6) is 5.75 Å². The number of hydrogen-bond donors (Lipinski definition) is 1. The first kappa shape index (κ1) is 11.6. The average molecular weight is 240 g/mol. The van der Waals surface area contributed by atoms with Crippen LogP contribution in [0.2, 0.25) is 5.02 Å². The zero-order chi connectivity index (χ0) is 11.9. The molecule has 2 nitrogen and oxygen atoms in total. The van der Waals surface area contributed by atoms with Crippen molar-refractivity contribution in [1.29, 1.82) is 0 Å². The fourth-order valence-corrected chi connectivity index (χ4v) is 2.35. The molecule has 1 aliphatic rings. The van der Waals surface area contributed by atoms with Gasteiger partial charge in [-0.1, -0.05) is 32.4 Å². The number of anilines is 1. The van der Waals surface area contributed by atoms with Gasteiger partial charge in [0.1, 0.15) is 5.75 Å². The maximum absolute atomic E-state index is 9.65. The van der Waals surface area contributed by atoms with Gasteiger partial charge >= 0.3 is 0 Å². The molecule has 1 saturated heterocycles. The Morgan fingerprint density at radius 3 is 2.31 bits per heavy atom. The third-order valence-corrected chi connectivity index (χ3v) is 3.32. The van der Waals surface area contributed by atoms with Gasteiger partial charge in [-0.3, -0.25) is 0 Å². The summed E-state index contributed by atoms with van der Waals surface area (Å²) in [5.74, 6) is 0.249. The third-order valence-electron chi connectivity index (χ3n) is 3.03. The molecule has 1 aliphatic heterocycles. The van der Waals surface area contributed by atoms with Gasteiger partial charge < -0.3 is 10.0 Å². The van der Waals surface area contributed by atoms with Gasteiger partial charge in [-0.2, -0.15) is 0 Å². The van der Waals surface area contributed by atoms with Gasteiger partial charge in [0.15, 0.2) is 0 Å². The van der Waals surface area contributed by atoms with Crippen LogP contribution < -0.4 is 4.90 Å². The Kier molecular flexibility index (Phi) is 2.79. The molecule has 1 heterocycles. The summed E-state index contributed by atoms with van der Waals surface area (Å²) in [6.07, 6.45) is 1.22. The molecule has 1 aromatic carbocycles. The Morgan fingerprint density at radius 1 is 1.25 bits per heavy atom. The molecule has 0 aliphatic carbocycles. The van der Waals surface area contributed by atoms with Crippen molar-refractivity contribution >= 4 is 17.3 Å². The van der Waals surface area contributed by atoms with Gasteiger partial charge in [-0.25, -0.2) is 0 Å². The second-order valence-electron chi connectivity index (χ2n) is 5.41. The number of phenolic OH excluding ortho intramolecular Hbond substituents is 1. The highest BCUT2D eigenvalue weighted by Crippen LogP contribution is 2.41. The molecule has 0 bridgehead atoms. The van der Waals surface area contributed by atoms with Gasteiger partial charge in [-0.05, 0) is 23.5 Å². The zero-order valence-corrected chi connectivity index (χ0v) is 10.8. The van der Waals surface area contributed by atoms with Crippen molar-refractivity contribution in [2.45, 2.75) is 32.6 Å². The molecule has 16 heavy (non-hydrogen) atoms. The molecular weight excluding hydrogens is 222 g/mol. The van der Waals surface area contributed by atoms with Gasteiger partial charge in [0.25, 0.3) is 0 Å². The number of benzene rings is 1. The SMILES string of the molecule is CC(C)(C)c1cc(O)cc(Cl)c1N1CCC1. The van der Waals surface area contributed by atoms with Crippen molar-refractivity contribution in [3.8, 4) is 5.75 Å². The Hall–Kier alpha value is -0.890. The minimum atomic E-state index is -0.00664. The van der Waals surface area contributed by atoms with Crippen LogP contribution in [0.1, 0.15) is 32.8 Å². The molecule has 0 amide bonds. The molecule has 0 unspecified atom stereocenters. The smallest absolute Gasteiger partial charge is 0.117 e. The normalized spacial score (nSPS) is 16.1. The molecule has 1 fully saturated rings. The monoisotopic (exact) mass is 239 g/mol. The number of rotatable bonds is 1. The predicted molar refractivity (Wildman–Crippen MR) is 68.6 cm³/mol. The summed E-state index contributed by atoms with van der Waals surface area (Å²) in [4.78, 5) is 2.28. The molecule has 0 atom stereocenters. The lowest BCUT2D eigenvalue weighted by Gasteiger charge is -2.38. The Bertz CT molecular complexity index is 405. The van der Waals surface area contributed by atoms with E-state index in [1.807, 2.05) is 6.07 Å². The lowest BCUT2D eigenvalue weighted by Crippen LogP contribution is -2.38. The summed E-state index contributed by atoms with van der Waals surface area (Å²) in [6.45, 7) is 8.55. The Morgan fingerprint density at radius 2 is 1.88 bits per heavy atom. The number of hydrogen-bond acceptors (Lipinski definition) is 2. The van der Waals surface area contributed by atoms with Gasteiger partial charge in [0, 0.05) is 19.2 Å². The molecular formula is C13H18ClNO. The highest BCUT2D eigenvalue weighted by Gasteiger charge is 2.27. The second kappa shape index (κ2) is 3.85. The van der Waals surface area contributed by atoms with E-state index in [9.17, 15) is 5.11 Å². The third kappa shape index (κ3) is 1.99. The number of phenols is 1. The fourth-order valence-electron chi connectivity index (χ4n) is 2.02. The molecule has 0 radical (unpaired) electrons. The van der Waals surface area contributed by atoms with Crippen molar-refractivity contribution in [1.82, 2.24) is 0 Å². The first-order valence-corrected chi connectivity index (χ1v) is 6.05. The van der Waals surface area contributed by atoms with Crippen molar-refractivity contribution in [3.05, 3.63) is 22.7 Å². The molecule has 3 heteroatoms. The molecule has 1 N–H and O–H groups in total. The summed E-state index contributed by atoms with van der Waals surface area (Å²) in [7, 11) is 0. The Labute approximate surface area is 102 Å². The standard InChI is InChI=1S/C13H18ClNO/c1-13(2,3)10-7-9(16)8-11(14)12(10)15-5-4-6-15/h7-8,16H,4-6H2,1-3H3. The van der Waals surface area contributed by atoms with Crippen LogP contribution in [0, 0.1) is 0 Å². The largest absolute Gasteiger partial charge is 0.508 e. The topological polar surface area (TPSA) is 23.5 Å². The van der Waals surface area contributed by atoms with Crippen LogP contribution in [0.3, 0.4) is 0 Å². The van der Waals surface area contributed by atoms with E-state index in [1.54, 1.807) is 6.07 Å². The van der Waals surface area contributed by atoms with E-state index >= 15 is 0 Å². The van der Waals surface area contributed by atoms with Crippen LogP contribution in [0.25, 0.3) is 0 Å².